The van der Waals surface area contributed by atoms with E-state index in [4.69, 9.17) is 22.8 Å². The van der Waals surface area contributed by atoms with Crippen LogP contribution in [0.2, 0.25) is 0 Å². The molecule has 5 nitrogen and oxygen atoms in total. The van der Waals surface area contributed by atoms with Crippen molar-refractivity contribution in [1.82, 2.24) is 0 Å². The fourth-order valence-electron chi connectivity index (χ4n) is 3.19. The van der Waals surface area contributed by atoms with Gasteiger partial charge in [0.25, 0.3) is 0 Å². The first-order valence-corrected chi connectivity index (χ1v) is 11.6. The van der Waals surface area contributed by atoms with Gasteiger partial charge < -0.3 is 22.8 Å². The molecule has 0 spiro atoms. The first-order chi connectivity index (χ1) is 12.2. The van der Waals surface area contributed by atoms with E-state index in [1.807, 2.05) is 13.8 Å². The van der Waals surface area contributed by atoms with E-state index in [0.29, 0.717) is 25.4 Å². The molecule has 0 aromatic heterocycles. The molecule has 0 heterocycles. The van der Waals surface area contributed by atoms with Crippen LogP contribution < -0.4 is 0 Å². The normalized spacial score (nSPS) is 23.8. The van der Waals surface area contributed by atoms with Crippen molar-refractivity contribution in [1.29, 1.82) is 0 Å². The van der Waals surface area contributed by atoms with Crippen molar-refractivity contribution in [3.63, 3.8) is 0 Å². The SMILES string of the molecule is CC(COCC(C)OPOC1CCCCC1)OPOC1CCCCC1. The Hall–Kier alpha value is 0.660. The summed E-state index contributed by atoms with van der Waals surface area (Å²) in [4.78, 5) is 0. The second kappa shape index (κ2) is 13.8. The maximum absolute atomic E-state index is 5.80. The van der Waals surface area contributed by atoms with Crippen LogP contribution in [0.3, 0.4) is 0 Å². The summed E-state index contributed by atoms with van der Waals surface area (Å²) >= 11 is 0. The summed E-state index contributed by atoms with van der Waals surface area (Å²) in [6, 6.07) is 0. The van der Waals surface area contributed by atoms with Crippen LogP contribution in [-0.4, -0.2) is 37.6 Å². The van der Waals surface area contributed by atoms with Gasteiger partial charge in [-0.15, -0.1) is 0 Å². The smallest absolute Gasteiger partial charge is 0.155 e. The average molecular weight is 394 g/mol. The molecule has 0 bridgehead atoms. The Morgan fingerprint density at radius 2 is 1.08 bits per heavy atom. The molecule has 4 atom stereocenters. The van der Waals surface area contributed by atoms with Crippen molar-refractivity contribution in [2.24, 2.45) is 0 Å². The van der Waals surface area contributed by atoms with E-state index in [9.17, 15) is 0 Å². The summed E-state index contributed by atoms with van der Waals surface area (Å²) in [6.45, 7) is 5.19. The molecule has 2 aliphatic rings. The van der Waals surface area contributed by atoms with Crippen LogP contribution >= 0.6 is 18.1 Å². The lowest BCUT2D eigenvalue weighted by Gasteiger charge is -2.23. The molecule has 0 aromatic rings. The summed E-state index contributed by atoms with van der Waals surface area (Å²) in [7, 11) is 0.243. The van der Waals surface area contributed by atoms with E-state index in [1.165, 1.54) is 64.2 Å². The van der Waals surface area contributed by atoms with Gasteiger partial charge in [-0.05, 0) is 39.5 Å². The van der Waals surface area contributed by atoms with Gasteiger partial charge in [-0.3, -0.25) is 0 Å². The Morgan fingerprint density at radius 1 is 0.680 bits per heavy atom. The first-order valence-electron chi connectivity index (χ1n) is 9.94. The summed E-state index contributed by atoms with van der Waals surface area (Å²) in [5, 5.41) is 0. The highest BCUT2D eigenvalue weighted by Crippen LogP contribution is 2.29. The molecular formula is C18H36O5P2. The van der Waals surface area contributed by atoms with Gasteiger partial charge in [-0.1, -0.05) is 38.5 Å². The fourth-order valence-corrected chi connectivity index (χ4v) is 4.51. The van der Waals surface area contributed by atoms with Crippen molar-refractivity contribution < 1.29 is 22.8 Å². The van der Waals surface area contributed by atoms with Gasteiger partial charge in [0.15, 0.2) is 18.1 Å². The van der Waals surface area contributed by atoms with Crippen LogP contribution in [0.15, 0.2) is 0 Å². The van der Waals surface area contributed by atoms with Crippen LogP contribution in [0.1, 0.15) is 78.1 Å². The lowest BCUT2D eigenvalue weighted by Crippen LogP contribution is -2.20. The largest absolute Gasteiger partial charge is 0.376 e. The molecule has 0 aromatic carbocycles. The fraction of sp³-hybridized carbons (Fsp3) is 1.00. The number of rotatable bonds is 12. The predicted octanol–water partition coefficient (Wildman–Crippen LogP) is 5.53. The maximum Gasteiger partial charge on any atom is 0.155 e. The lowest BCUT2D eigenvalue weighted by molar-refractivity contribution is 0.0161. The molecule has 0 saturated heterocycles. The average Bonchev–Trinajstić information content (AvgIpc) is 2.63. The minimum Gasteiger partial charge on any atom is -0.376 e. The summed E-state index contributed by atoms with van der Waals surface area (Å²) in [5.74, 6) is 0. The van der Waals surface area contributed by atoms with Crippen LogP contribution in [0.25, 0.3) is 0 Å². The predicted molar refractivity (Wildman–Crippen MR) is 104 cm³/mol. The molecule has 2 fully saturated rings. The summed E-state index contributed by atoms with van der Waals surface area (Å²) < 4.78 is 28.7. The van der Waals surface area contributed by atoms with Crippen molar-refractivity contribution in [3.8, 4) is 0 Å². The second-order valence-corrected chi connectivity index (χ2v) is 8.59. The molecule has 2 rings (SSSR count). The van der Waals surface area contributed by atoms with Gasteiger partial charge in [0.2, 0.25) is 0 Å². The zero-order valence-corrected chi connectivity index (χ0v) is 17.8. The van der Waals surface area contributed by atoms with E-state index in [2.05, 4.69) is 0 Å². The Morgan fingerprint density at radius 3 is 1.48 bits per heavy atom. The Kier molecular flexibility index (Phi) is 12.1. The van der Waals surface area contributed by atoms with Gasteiger partial charge in [0, 0.05) is 0 Å². The molecule has 7 heteroatoms. The van der Waals surface area contributed by atoms with Gasteiger partial charge in [0.05, 0.1) is 37.6 Å². The first kappa shape index (κ1) is 22.0. The number of ether oxygens (including phenoxy) is 1. The molecule has 25 heavy (non-hydrogen) atoms. The van der Waals surface area contributed by atoms with Crippen LogP contribution in [-0.2, 0) is 22.8 Å². The van der Waals surface area contributed by atoms with E-state index in [0.717, 1.165) is 0 Å². The lowest BCUT2D eigenvalue weighted by atomic mass is 9.98. The Balaban J connectivity index is 1.40. The molecule has 2 aliphatic carbocycles. The van der Waals surface area contributed by atoms with Crippen molar-refractivity contribution in [2.45, 2.75) is 102 Å². The monoisotopic (exact) mass is 394 g/mol. The molecule has 2 saturated carbocycles. The molecule has 0 N–H and O–H groups in total. The zero-order chi connectivity index (χ0) is 17.7. The third-order valence-electron chi connectivity index (χ3n) is 4.74. The minimum atomic E-state index is 0.0510. The van der Waals surface area contributed by atoms with Gasteiger partial charge >= 0.3 is 0 Å². The Labute approximate surface area is 157 Å². The standard InChI is InChI=1S/C18H36O5P2/c1-15(20-24-22-17-9-5-3-6-10-17)13-19-14-16(2)21-25-23-18-11-7-4-8-12-18/h15-18,24-25H,3-14H2,1-2H3. The van der Waals surface area contributed by atoms with E-state index < -0.39 is 0 Å². The van der Waals surface area contributed by atoms with Crippen molar-refractivity contribution in [3.05, 3.63) is 0 Å². The van der Waals surface area contributed by atoms with Crippen LogP contribution in [0, 0.1) is 0 Å². The van der Waals surface area contributed by atoms with Crippen LogP contribution in [0.4, 0.5) is 0 Å². The summed E-state index contributed by atoms with van der Waals surface area (Å²) in [5.41, 5.74) is 0. The van der Waals surface area contributed by atoms with Gasteiger partial charge in [0.1, 0.15) is 0 Å². The van der Waals surface area contributed by atoms with E-state index >= 15 is 0 Å². The van der Waals surface area contributed by atoms with E-state index in [1.54, 1.807) is 0 Å². The van der Waals surface area contributed by atoms with Crippen molar-refractivity contribution in [2.75, 3.05) is 13.2 Å². The quantitative estimate of drug-likeness (QED) is 0.407. The summed E-state index contributed by atoms with van der Waals surface area (Å²) in [6.07, 6.45) is 13.5. The highest BCUT2D eigenvalue weighted by molar-refractivity contribution is 7.26. The van der Waals surface area contributed by atoms with Crippen molar-refractivity contribution >= 4 is 18.1 Å². The third kappa shape index (κ3) is 10.5. The minimum absolute atomic E-state index is 0.0510. The molecule has 4 unspecified atom stereocenters. The third-order valence-corrected chi connectivity index (χ3v) is 6.59. The molecule has 148 valence electrons. The molecule has 0 aliphatic heterocycles. The molecule has 0 amide bonds. The highest BCUT2D eigenvalue weighted by Gasteiger charge is 2.16. The second-order valence-electron chi connectivity index (χ2n) is 7.32. The molecule has 0 radical (unpaired) electrons. The van der Waals surface area contributed by atoms with Crippen LogP contribution in [0.5, 0.6) is 0 Å². The van der Waals surface area contributed by atoms with Gasteiger partial charge in [-0.25, -0.2) is 0 Å². The topological polar surface area (TPSA) is 46.2 Å². The highest BCUT2D eigenvalue weighted by atomic mass is 31.1. The van der Waals surface area contributed by atoms with E-state index in [-0.39, 0.29) is 30.3 Å². The number of hydrogen-bond donors (Lipinski definition) is 0. The zero-order valence-electron chi connectivity index (χ0n) is 15.8. The van der Waals surface area contributed by atoms with Gasteiger partial charge in [-0.2, -0.15) is 0 Å². The molecular weight excluding hydrogens is 358 g/mol. The number of hydrogen-bond acceptors (Lipinski definition) is 5. The maximum atomic E-state index is 5.80. The Bertz CT molecular complexity index is 293.